The van der Waals surface area contributed by atoms with Crippen LogP contribution in [0.25, 0.3) is 0 Å². The average molecular weight is 418 g/mol. The smallest absolute Gasteiger partial charge is 0.186 e. The summed E-state index contributed by atoms with van der Waals surface area (Å²) in [5, 5.41) is 0. The van der Waals surface area contributed by atoms with E-state index in [2.05, 4.69) is 31.9 Å². The van der Waals surface area contributed by atoms with Crippen LogP contribution in [0.3, 0.4) is 0 Å². The third-order valence-electron chi connectivity index (χ3n) is 2.66. The molecule has 2 rings (SSSR count). The molecule has 0 atom stereocenters. The van der Waals surface area contributed by atoms with Crippen LogP contribution in [-0.2, 0) is 9.84 Å². The van der Waals surface area contributed by atoms with Crippen LogP contribution in [0, 0.1) is 0 Å². The molecular formula is C14H10Br2O3S. The number of carbonyl (C=O) groups is 1. The Labute approximate surface area is 134 Å². The molecule has 104 valence electrons. The zero-order valence-corrected chi connectivity index (χ0v) is 14.2. The molecule has 3 nitrogen and oxygen atoms in total. The van der Waals surface area contributed by atoms with Gasteiger partial charge in [0.05, 0.1) is 4.90 Å². The fourth-order valence-corrected chi connectivity index (χ4v) is 4.27. The zero-order valence-electron chi connectivity index (χ0n) is 10.2. The Morgan fingerprint density at radius 1 is 0.950 bits per heavy atom. The number of ketones is 1. The Kier molecular flexibility index (Phi) is 4.78. The molecule has 0 saturated heterocycles. The first-order chi connectivity index (χ1) is 9.40. The number of hydrogen-bond donors (Lipinski definition) is 0. The zero-order chi connectivity index (χ0) is 14.8. The molecular weight excluding hydrogens is 408 g/mol. The second kappa shape index (κ2) is 6.20. The van der Waals surface area contributed by atoms with Crippen LogP contribution >= 0.6 is 31.9 Å². The highest BCUT2D eigenvalue weighted by atomic mass is 79.9. The maximum absolute atomic E-state index is 12.2. The summed E-state index contributed by atoms with van der Waals surface area (Å²) in [6.07, 6.45) is 0. The number of Topliss-reactive ketones (excluding diaryl/α,β-unsaturated/α-hetero) is 1. The van der Waals surface area contributed by atoms with Gasteiger partial charge in [0.1, 0.15) is 5.75 Å². The topological polar surface area (TPSA) is 51.2 Å². The van der Waals surface area contributed by atoms with Crippen LogP contribution in [0.15, 0.2) is 62.4 Å². The van der Waals surface area contributed by atoms with Gasteiger partial charge in [0.2, 0.25) is 0 Å². The van der Waals surface area contributed by atoms with E-state index >= 15 is 0 Å². The van der Waals surface area contributed by atoms with Gasteiger partial charge in [-0.25, -0.2) is 8.42 Å². The second-order valence-corrected chi connectivity index (χ2v) is 7.85. The molecule has 0 N–H and O–H groups in total. The third-order valence-corrected chi connectivity index (χ3v) is 5.81. The molecule has 0 fully saturated rings. The van der Waals surface area contributed by atoms with Gasteiger partial charge >= 0.3 is 0 Å². The highest BCUT2D eigenvalue weighted by Gasteiger charge is 2.22. The van der Waals surface area contributed by atoms with Crippen molar-refractivity contribution in [1.29, 1.82) is 0 Å². The molecule has 0 radical (unpaired) electrons. The Bertz CT molecular complexity index is 737. The van der Waals surface area contributed by atoms with Crippen LogP contribution in [0.2, 0.25) is 0 Å². The van der Waals surface area contributed by atoms with Crippen molar-refractivity contribution >= 4 is 47.5 Å². The minimum absolute atomic E-state index is 0.130. The van der Waals surface area contributed by atoms with Crippen molar-refractivity contribution in [2.75, 3.05) is 5.75 Å². The van der Waals surface area contributed by atoms with Crippen molar-refractivity contribution in [3.63, 3.8) is 0 Å². The normalized spacial score (nSPS) is 11.3. The highest BCUT2D eigenvalue weighted by molar-refractivity contribution is 9.10. The Hall–Kier alpha value is -0.980. The molecule has 0 aliphatic rings. The van der Waals surface area contributed by atoms with Crippen LogP contribution in [0.1, 0.15) is 10.4 Å². The summed E-state index contributed by atoms with van der Waals surface area (Å²) in [5.41, 5.74) is 0.379. The SMILES string of the molecule is O=C(CS(=O)(=O)c1ccccc1Br)c1ccc(Br)cc1. The molecule has 0 aromatic heterocycles. The lowest BCUT2D eigenvalue weighted by atomic mass is 10.2. The van der Waals surface area contributed by atoms with Gasteiger partial charge in [-0.1, -0.05) is 40.2 Å². The van der Waals surface area contributed by atoms with E-state index in [0.29, 0.717) is 10.0 Å². The Balaban J connectivity index is 2.27. The lowest BCUT2D eigenvalue weighted by Crippen LogP contribution is -2.16. The standard InChI is InChI=1S/C14H10Br2O3S/c15-11-7-5-10(6-8-11)13(17)9-20(18,19)14-4-2-1-3-12(14)16/h1-8H,9H2. The second-order valence-electron chi connectivity index (χ2n) is 4.12. The van der Waals surface area contributed by atoms with Gasteiger partial charge in [-0.2, -0.15) is 0 Å². The van der Waals surface area contributed by atoms with Gasteiger partial charge < -0.3 is 0 Å². The van der Waals surface area contributed by atoms with E-state index < -0.39 is 21.4 Å². The largest absolute Gasteiger partial charge is 0.293 e. The molecule has 0 aliphatic heterocycles. The van der Waals surface area contributed by atoms with E-state index in [0.717, 1.165) is 4.47 Å². The Morgan fingerprint density at radius 2 is 1.55 bits per heavy atom. The summed E-state index contributed by atoms with van der Waals surface area (Å²) >= 11 is 6.46. The van der Waals surface area contributed by atoms with Crippen molar-refractivity contribution in [3.8, 4) is 0 Å². The minimum Gasteiger partial charge on any atom is -0.293 e. The molecule has 0 unspecified atom stereocenters. The fraction of sp³-hybridized carbons (Fsp3) is 0.0714. The molecule has 0 spiro atoms. The van der Waals surface area contributed by atoms with Crippen molar-refractivity contribution in [2.45, 2.75) is 4.90 Å². The monoisotopic (exact) mass is 416 g/mol. The molecule has 0 aliphatic carbocycles. The predicted octanol–water partition coefficient (Wildman–Crippen LogP) is 3.87. The maximum Gasteiger partial charge on any atom is 0.186 e. The number of carbonyl (C=O) groups excluding carboxylic acids is 1. The Morgan fingerprint density at radius 3 is 2.15 bits per heavy atom. The number of benzene rings is 2. The molecule has 2 aromatic rings. The number of rotatable bonds is 4. The van der Waals surface area contributed by atoms with E-state index in [9.17, 15) is 13.2 Å². The first-order valence-corrected chi connectivity index (χ1v) is 8.90. The van der Waals surface area contributed by atoms with Gasteiger partial charge in [-0.3, -0.25) is 4.79 Å². The van der Waals surface area contributed by atoms with Crippen molar-refractivity contribution in [3.05, 3.63) is 63.0 Å². The van der Waals surface area contributed by atoms with Crippen LogP contribution < -0.4 is 0 Å². The molecule has 6 heteroatoms. The maximum atomic E-state index is 12.2. The molecule has 0 amide bonds. The summed E-state index contributed by atoms with van der Waals surface area (Å²) in [6, 6.07) is 13.1. The summed E-state index contributed by atoms with van der Waals surface area (Å²) < 4.78 is 25.8. The summed E-state index contributed by atoms with van der Waals surface area (Å²) in [6.45, 7) is 0. The summed E-state index contributed by atoms with van der Waals surface area (Å²) in [4.78, 5) is 12.2. The fourth-order valence-electron chi connectivity index (χ4n) is 1.67. The molecule has 0 heterocycles. The summed E-state index contributed by atoms with van der Waals surface area (Å²) in [7, 11) is -3.66. The molecule has 2 aromatic carbocycles. The lowest BCUT2D eigenvalue weighted by Gasteiger charge is -2.06. The molecule has 0 saturated carbocycles. The number of hydrogen-bond acceptors (Lipinski definition) is 3. The minimum atomic E-state index is -3.66. The third kappa shape index (κ3) is 3.56. The van der Waals surface area contributed by atoms with Gasteiger partial charge in [0.25, 0.3) is 0 Å². The van der Waals surface area contributed by atoms with Crippen LogP contribution in [0.5, 0.6) is 0 Å². The van der Waals surface area contributed by atoms with Crippen LogP contribution in [-0.4, -0.2) is 20.0 Å². The van der Waals surface area contributed by atoms with Gasteiger partial charge in [0.15, 0.2) is 15.6 Å². The van der Waals surface area contributed by atoms with Crippen molar-refractivity contribution in [1.82, 2.24) is 0 Å². The number of halogens is 2. The lowest BCUT2D eigenvalue weighted by molar-refractivity contribution is 0.102. The van der Waals surface area contributed by atoms with E-state index in [-0.39, 0.29) is 4.90 Å². The quantitative estimate of drug-likeness (QED) is 0.709. The van der Waals surface area contributed by atoms with E-state index in [1.807, 2.05) is 0 Å². The first-order valence-electron chi connectivity index (χ1n) is 5.66. The van der Waals surface area contributed by atoms with Gasteiger partial charge in [-0.05, 0) is 40.2 Å². The van der Waals surface area contributed by atoms with E-state index in [4.69, 9.17) is 0 Å². The van der Waals surface area contributed by atoms with Gasteiger partial charge in [0, 0.05) is 14.5 Å². The summed E-state index contributed by atoms with van der Waals surface area (Å²) in [5.74, 6) is -0.967. The molecule has 0 bridgehead atoms. The van der Waals surface area contributed by atoms with E-state index in [1.165, 1.54) is 6.07 Å². The average Bonchev–Trinajstić information content (AvgIpc) is 2.39. The van der Waals surface area contributed by atoms with Crippen molar-refractivity contribution < 1.29 is 13.2 Å². The predicted molar refractivity (Wildman–Crippen MR) is 84.7 cm³/mol. The highest BCUT2D eigenvalue weighted by Crippen LogP contribution is 2.23. The van der Waals surface area contributed by atoms with Crippen molar-refractivity contribution in [2.24, 2.45) is 0 Å². The number of sulfone groups is 1. The first kappa shape index (κ1) is 15.4. The molecule has 20 heavy (non-hydrogen) atoms. The van der Waals surface area contributed by atoms with E-state index in [1.54, 1.807) is 42.5 Å². The van der Waals surface area contributed by atoms with Gasteiger partial charge in [-0.15, -0.1) is 0 Å². The van der Waals surface area contributed by atoms with Crippen LogP contribution in [0.4, 0.5) is 0 Å².